The van der Waals surface area contributed by atoms with Crippen LogP contribution in [0.3, 0.4) is 0 Å². The van der Waals surface area contributed by atoms with Gasteiger partial charge in [0.15, 0.2) is 0 Å². The fraction of sp³-hybridized carbons (Fsp3) is 0.611. The first-order chi connectivity index (χ1) is 10.7. The highest BCUT2D eigenvalue weighted by Gasteiger charge is 2.44. The molecule has 4 heteroatoms. The van der Waals surface area contributed by atoms with Crippen LogP contribution >= 0.6 is 0 Å². The molecule has 0 aromatic heterocycles. The lowest BCUT2D eigenvalue weighted by atomic mass is 9.84. The SMILES string of the molecule is O=C(O)C1CC2CCCCC2N1Cc1ccc2c(c1)CCO2. The second-order valence-electron chi connectivity index (χ2n) is 6.91. The number of nitrogens with zero attached hydrogens (tertiary/aromatic N) is 1. The first kappa shape index (κ1) is 14.1. The minimum atomic E-state index is -0.654. The zero-order chi connectivity index (χ0) is 15.1. The van der Waals surface area contributed by atoms with Crippen LogP contribution in [0.25, 0.3) is 0 Å². The molecule has 0 spiro atoms. The van der Waals surface area contributed by atoms with E-state index >= 15 is 0 Å². The Hall–Kier alpha value is -1.55. The summed E-state index contributed by atoms with van der Waals surface area (Å²) in [5.74, 6) is 0.919. The van der Waals surface area contributed by atoms with Gasteiger partial charge in [0.1, 0.15) is 11.8 Å². The molecule has 4 nitrogen and oxygen atoms in total. The van der Waals surface area contributed by atoms with Crippen molar-refractivity contribution in [3.63, 3.8) is 0 Å². The fourth-order valence-electron chi connectivity index (χ4n) is 4.57. The number of carboxylic acid groups (broad SMARTS) is 1. The van der Waals surface area contributed by atoms with Crippen LogP contribution in [-0.4, -0.2) is 34.7 Å². The minimum absolute atomic E-state index is 0.308. The van der Waals surface area contributed by atoms with Crippen LogP contribution in [0.15, 0.2) is 18.2 Å². The maximum absolute atomic E-state index is 11.7. The Morgan fingerprint density at radius 2 is 2.18 bits per heavy atom. The van der Waals surface area contributed by atoms with E-state index in [1.807, 2.05) is 6.07 Å². The lowest BCUT2D eigenvalue weighted by Crippen LogP contribution is -2.41. The van der Waals surface area contributed by atoms with E-state index in [1.165, 1.54) is 30.4 Å². The molecule has 0 radical (unpaired) electrons. The van der Waals surface area contributed by atoms with Gasteiger partial charge >= 0.3 is 5.97 Å². The fourth-order valence-corrected chi connectivity index (χ4v) is 4.57. The molecule has 1 aromatic rings. The molecule has 2 fully saturated rings. The Morgan fingerprint density at radius 3 is 3.05 bits per heavy atom. The average molecular weight is 301 g/mol. The number of likely N-dealkylation sites (tertiary alicyclic amines) is 1. The molecule has 2 aliphatic heterocycles. The van der Waals surface area contributed by atoms with Gasteiger partial charge in [0.05, 0.1) is 6.61 Å². The van der Waals surface area contributed by atoms with Gasteiger partial charge in [0, 0.05) is 19.0 Å². The molecule has 0 bridgehead atoms. The summed E-state index contributed by atoms with van der Waals surface area (Å²) < 4.78 is 5.56. The summed E-state index contributed by atoms with van der Waals surface area (Å²) in [6.45, 7) is 1.52. The van der Waals surface area contributed by atoms with Crippen LogP contribution in [0.4, 0.5) is 0 Å². The second-order valence-corrected chi connectivity index (χ2v) is 6.91. The molecule has 3 unspecified atom stereocenters. The predicted octanol–water partition coefficient (Wildman–Crippen LogP) is 2.84. The molecule has 118 valence electrons. The number of ether oxygens (including phenoxy) is 1. The van der Waals surface area contributed by atoms with Gasteiger partial charge in [-0.25, -0.2) is 0 Å². The van der Waals surface area contributed by atoms with Crippen molar-refractivity contribution >= 4 is 5.97 Å². The van der Waals surface area contributed by atoms with Crippen molar-refractivity contribution in [2.75, 3.05) is 6.61 Å². The standard InChI is InChI=1S/C18H23NO3/c20-18(21)16-10-13-3-1-2-4-15(13)19(16)11-12-5-6-17-14(9-12)7-8-22-17/h5-6,9,13,15-16H,1-4,7-8,10-11H2,(H,20,21). The number of aliphatic carboxylic acids is 1. The van der Waals surface area contributed by atoms with Gasteiger partial charge < -0.3 is 9.84 Å². The number of hydrogen-bond donors (Lipinski definition) is 1. The van der Waals surface area contributed by atoms with E-state index < -0.39 is 5.97 Å². The molecule has 1 saturated heterocycles. The highest BCUT2D eigenvalue weighted by Crippen LogP contribution is 2.40. The van der Waals surface area contributed by atoms with E-state index in [1.54, 1.807) is 0 Å². The molecule has 1 saturated carbocycles. The van der Waals surface area contributed by atoms with Crippen molar-refractivity contribution in [2.24, 2.45) is 5.92 Å². The van der Waals surface area contributed by atoms with Crippen molar-refractivity contribution in [1.29, 1.82) is 0 Å². The summed E-state index contributed by atoms with van der Waals surface area (Å²) in [5.41, 5.74) is 2.49. The number of fused-ring (bicyclic) bond motifs is 2. The maximum atomic E-state index is 11.7. The van der Waals surface area contributed by atoms with Crippen molar-refractivity contribution in [1.82, 2.24) is 4.90 Å². The van der Waals surface area contributed by atoms with Crippen LogP contribution in [0.1, 0.15) is 43.2 Å². The van der Waals surface area contributed by atoms with Crippen molar-refractivity contribution < 1.29 is 14.6 Å². The van der Waals surface area contributed by atoms with E-state index in [-0.39, 0.29) is 6.04 Å². The zero-order valence-corrected chi connectivity index (χ0v) is 12.8. The van der Waals surface area contributed by atoms with Crippen LogP contribution in [-0.2, 0) is 17.8 Å². The Morgan fingerprint density at radius 1 is 1.32 bits per heavy atom. The number of benzene rings is 1. The summed E-state index contributed by atoms with van der Waals surface area (Å²) in [6.07, 6.45) is 6.65. The monoisotopic (exact) mass is 301 g/mol. The Balaban J connectivity index is 1.57. The van der Waals surface area contributed by atoms with Crippen LogP contribution in [0.5, 0.6) is 5.75 Å². The van der Waals surface area contributed by atoms with Gasteiger partial charge in [0.25, 0.3) is 0 Å². The summed E-state index contributed by atoms with van der Waals surface area (Å²) in [5, 5.41) is 9.60. The Labute approximate surface area is 131 Å². The van der Waals surface area contributed by atoms with Crippen LogP contribution in [0.2, 0.25) is 0 Å². The molecule has 3 aliphatic rings. The van der Waals surface area contributed by atoms with Crippen molar-refractivity contribution in [2.45, 2.75) is 57.2 Å². The van der Waals surface area contributed by atoms with Gasteiger partial charge in [-0.15, -0.1) is 0 Å². The summed E-state index contributed by atoms with van der Waals surface area (Å²) in [4.78, 5) is 13.9. The predicted molar refractivity (Wildman–Crippen MR) is 83.0 cm³/mol. The van der Waals surface area contributed by atoms with E-state index in [0.29, 0.717) is 12.0 Å². The Kier molecular flexibility index (Phi) is 3.57. The smallest absolute Gasteiger partial charge is 0.320 e. The molecule has 4 rings (SSSR count). The van der Waals surface area contributed by atoms with E-state index in [4.69, 9.17) is 4.74 Å². The largest absolute Gasteiger partial charge is 0.493 e. The molecule has 1 aliphatic carbocycles. The second kappa shape index (κ2) is 5.58. The van der Waals surface area contributed by atoms with Gasteiger partial charge in [-0.3, -0.25) is 9.69 Å². The normalized spacial score (nSPS) is 30.6. The number of carbonyl (C=O) groups is 1. The first-order valence-corrected chi connectivity index (χ1v) is 8.45. The lowest BCUT2D eigenvalue weighted by Gasteiger charge is -2.33. The zero-order valence-electron chi connectivity index (χ0n) is 12.8. The molecule has 3 atom stereocenters. The summed E-state index contributed by atoms with van der Waals surface area (Å²) in [7, 11) is 0. The van der Waals surface area contributed by atoms with Crippen molar-refractivity contribution in [3.05, 3.63) is 29.3 Å². The molecule has 1 aromatic carbocycles. The average Bonchev–Trinajstić information content (AvgIpc) is 3.12. The van der Waals surface area contributed by atoms with Crippen LogP contribution in [0, 0.1) is 5.92 Å². The third kappa shape index (κ3) is 2.39. The first-order valence-electron chi connectivity index (χ1n) is 8.45. The number of hydrogen-bond acceptors (Lipinski definition) is 3. The molecular formula is C18H23NO3. The number of carboxylic acids is 1. The van der Waals surface area contributed by atoms with Gasteiger partial charge in [-0.05, 0) is 42.4 Å². The van der Waals surface area contributed by atoms with E-state index in [0.717, 1.165) is 38.2 Å². The van der Waals surface area contributed by atoms with E-state index in [9.17, 15) is 9.90 Å². The maximum Gasteiger partial charge on any atom is 0.320 e. The summed E-state index contributed by atoms with van der Waals surface area (Å²) in [6, 6.07) is 6.50. The highest BCUT2D eigenvalue weighted by atomic mass is 16.5. The third-order valence-electron chi connectivity index (χ3n) is 5.63. The molecule has 2 heterocycles. The molecule has 0 amide bonds. The summed E-state index contributed by atoms with van der Waals surface area (Å²) >= 11 is 0. The lowest BCUT2D eigenvalue weighted by molar-refractivity contribution is -0.142. The molecule has 22 heavy (non-hydrogen) atoms. The molecule has 1 N–H and O–H groups in total. The van der Waals surface area contributed by atoms with Crippen LogP contribution < -0.4 is 4.74 Å². The Bertz CT molecular complexity index is 586. The van der Waals surface area contributed by atoms with Gasteiger partial charge in [-0.1, -0.05) is 25.0 Å². The van der Waals surface area contributed by atoms with Gasteiger partial charge in [0.2, 0.25) is 0 Å². The molecular weight excluding hydrogens is 278 g/mol. The topological polar surface area (TPSA) is 49.8 Å². The minimum Gasteiger partial charge on any atom is -0.493 e. The van der Waals surface area contributed by atoms with Gasteiger partial charge in [-0.2, -0.15) is 0 Å². The highest BCUT2D eigenvalue weighted by molar-refractivity contribution is 5.74. The third-order valence-corrected chi connectivity index (χ3v) is 5.63. The van der Waals surface area contributed by atoms with E-state index in [2.05, 4.69) is 17.0 Å². The van der Waals surface area contributed by atoms with Crippen molar-refractivity contribution in [3.8, 4) is 5.75 Å². The quantitative estimate of drug-likeness (QED) is 0.932. The number of rotatable bonds is 3.